The zero-order chi connectivity index (χ0) is 21.9. The molecule has 1 unspecified atom stereocenters. The summed E-state index contributed by atoms with van der Waals surface area (Å²) < 4.78 is 47.6. The van der Waals surface area contributed by atoms with E-state index in [0.717, 1.165) is 11.3 Å². The minimum Gasteiger partial charge on any atom is -0.497 e. The van der Waals surface area contributed by atoms with E-state index in [1.54, 1.807) is 55.6 Å². The number of benzene rings is 3. The Balaban J connectivity index is 1.38. The number of methoxy groups -OCH3 is 1. The van der Waals surface area contributed by atoms with Gasteiger partial charge in [0.1, 0.15) is 36.1 Å². The van der Waals surface area contributed by atoms with Crippen molar-refractivity contribution in [2.45, 2.75) is 28.9 Å². The van der Waals surface area contributed by atoms with Gasteiger partial charge < -0.3 is 18.9 Å². The molecule has 1 fully saturated rings. The molecule has 1 saturated heterocycles. The smallest absolute Gasteiger partial charge is 0.206 e. The maximum atomic E-state index is 12.9. The van der Waals surface area contributed by atoms with E-state index in [1.165, 1.54) is 0 Å². The molecule has 0 aromatic heterocycles. The van der Waals surface area contributed by atoms with Gasteiger partial charge in [-0.15, -0.1) is 0 Å². The third kappa shape index (κ3) is 5.18. The van der Waals surface area contributed by atoms with Crippen LogP contribution in [0.15, 0.2) is 82.6 Å². The van der Waals surface area contributed by atoms with Gasteiger partial charge >= 0.3 is 0 Å². The number of hydrogen-bond acceptors (Lipinski definition) is 6. The van der Waals surface area contributed by atoms with Crippen LogP contribution in [0.4, 0.5) is 0 Å². The van der Waals surface area contributed by atoms with Crippen molar-refractivity contribution < 1.29 is 27.4 Å². The Morgan fingerprint density at radius 2 is 1.29 bits per heavy atom. The van der Waals surface area contributed by atoms with Crippen molar-refractivity contribution in [1.29, 1.82) is 0 Å². The molecule has 1 atom stereocenters. The van der Waals surface area contributed by atoms with E-state index in [0.29, 0.717) is 31.3 Å². The monoisotopic (exact) mass is 440 g/mol. The molecule has 6 nitrogen and oxygen atoms in total. The lowest BCUT2D eigenvalue weighted by Crippen LogP contribution is -2.16. The molecule has 3 aromatic carbocycles. The predicted octanol–water partition coefficient (Wildman–Crippen LogP) is 4.27. The van der Waals surface area contributed by atoms with Crippen molar-refractivity contribution in [2.75, 3.05) is 20.3 Å². The second-order valence-electron chi connectivity index (χ2n) is 7.61. The number of sulfone groups is 1. The van der Waals surface area contributed by atoms with Gasteiger partial charge in [0, 0.05) is 0 Å². The van der Waals surface area contributed by atoms with Gasteiger partial charge in [-0.05, 0) is 73.2 Å². The summed E-state index contributed by atoms with van der Waals surface area (Å²) in [6, 6.07) is 20.4. The van der Waals surface area contributed by atoms with E-state index in [4.69, 9.17) is 18.9 Å². The highest BCUT2D eigenvalue weighted by Crippen LogP contribution is 2.28. The molecule has 0 saturated carbocycles. The van der Waals surface area contributed by atoms with Gasteiger partial charge in [-0.2, -0.15) is 0 Å². The number of rotatable bonds is 9. The lowest BCUT2D eigenvalue weighted by atomic mass is 10.2. The zero-order valence-electron chi connectivity index (χ0n) is 17.4. The standard InChI is InChI=1S/C24H24O6S/c1-24(17-30-24)16-29-21-9-13-23(14-10-21)31(25,26)22-11-7-20(8-12-22)28-15-18-3-5-19(27-2)6-4-18/h3-14H,15-17H2,1-2H3. The van der Waals surface area contributed by atoms with Crippen LogP contribution in [-0.2, 0) is 21.2 Å². The first-order valence-corrected chi connectivity index (χ1v) is 11.3. The average molecular weight is 441 g/mol. The minimum atomic E-state index is -3.63. The van der Waals surface area contributed by atoms with Crippen LogP contribution in [0.2, 0.25) is 0 Å². The summed E-state index contributed by atoms with van der Waals surface area (Å²) in [6.07, 6.45) is 0. The van der Waals surface area contributed by atoms with E-state index < -0.39 is 9.84 Å². The summed E-state index contributed by atoms with van der Waals surface area (Å²) in [4.78, 5) is 0.414. The van der Waals surface area contributed by atoms with Gasteiger partial charge in [0.15, 0.2) is 0 Å². The molecule has 1 aliphatic heterocycles. The Morgan fingerprint density at radius 1 is 0.806 bits per heavy atom. The van der Waals surface area contributed by atoms with Gasteiger partial charge in [0.05, 0.1) is 23.5 Å². The van der Waals surface area contributed by atoms with Crippen molar-refractivity contribution in [3.05, 3.63) is 78.4 Å². The van der Waals surface area contributed by atoms with Crippen LogP contribution in [-0.4, -0.2) is 34.3 Å². The molecule has 1 aliphatic rings. The number of hydrogen-bond donors (Lipinski definition) is 0. The molecule has 0 bridgehead atoms. The van der Waals surface area contributed by atoms with Gasteiger partial charge in [-0.1, -0.05) is 12.1 Å². The summed E-state index contributed by atoms with van der Waals surface area (Å²) >= 11 is 0. The normalized spacial score (nSPS) is 17.7. The fourth-order valence-corrected chi connectivity index (χ4v) is 4.16. The topological polar surface area (TPSA) is 74.4 Å². The summed E-state index contributed by atoms with van der Waals surface area (Å²) in [7, 11) is -2.01. The molecule has 0 aliphatic carbocycles. The highest BCUT2D eigenvalue weighted by atomic mass is 32.2. The fourth-order valence-electron chi connectivity index (χ4n) is 2.90. The lowest BCUT2D eigenvalue weighted by Gasteiger charge is -2.11. The highest BCUT2D eigenvalue weighted by molar-refractivity contribution is 7.91. The van der Waals surface area contributed by atoms with Gasteiger partial charge in [-0.3, -0.25) is 0 Å². The third-order valence-corrected chi connectivity index (χ3v) is 6.80. The van der Waals surface area contributed by atoms with Gasteiger partial charge in [-0.25, -0.2) is 8.42 Å². The van der Waals surface area contributed by atoms with Gasteiger partial charge in [0.25, 0.3) is 0 Å². The van der Waals surface area contributed by atoms with Crippen molar-refractivity contribution in [2.24, 2.45) is 0 Å². The Hall–Kier alpha value is -3.03. The lowest BCUT2D eigenvalue weighted by molar-refractivity contribution is 0.202. The molecule has 1 heterocycles. The van der Waals surface area contributed by atoms with Crippen molar-refractivity contribution >= 4 is 9.84 Å². The van der Waals surface area contributed by atoms with Crippen LogP contribution >= 0.6 is 0 Å². The van der Waals surface area contributed by atoms with E-state index in [1.807, 2.05) is 31.2 Å². The van der Waals surface area contributed by atoms with Crippen LogP contribution in [0.3, 0.4) is 0 Å². The summed E-state index contributed by atoms with van der Waals surface area (Å²) in [6.45, 7) is 3.47. The first-order valence-electron chi connectivity index (χ1n) is 9.86. The Kier molecular flexibility index (Phi) is 5.89. The third-order valence-electron chi connectivity index (χ3n) is 5.01. The quantitative estimate of drug-likeness (QED) is 0.463. The van der Waals surface area contributed by atoms with Crippen molar-refractivity contribution in [3.63, 3.8) is 0 Å². The van der Waals surface area contributed by atoms with Crippen LogP contribution < -0.4 is 14.2 Å². The van der Waals surface area contributed by atoms with Gasteiger partial charge in [0.2, 0.25) is 9.84 Å². The molecule has 31 heavy (non-hydrogen) atoms. The van der Waals surface area contributed by atoms with E-state index in [9.17, 15) is 8.42 Å². The second kappa shape index (κ2) is 8.61. The summed E-state index contributed by atoms with van der Waals surface area (Å²) in [5.74, 6) is 1.98. The summed E-state index contributed by atoms with van der Waals surface area (Å²) in [5, 5.41) is 0. The SMILES string of the molecule is COc1ccc(COc2ccc(S(=O)(=O)c3ccc(OCC4(C)CO4)cc3)cc2)cc1. The first kappa shape index (κ1) is 21.2. The second-order valence-corrected chi connectivity index (χ2v) is 9.56. The molecule has 0 N–H and O–H groups in total. The van der Waals surface area contributed by atoms with E-state index in [2.05, 4.69) is 0 Å². The molecule has 7 heteroatoms. The minimum absolute atomic E-state index is 0.205. The van der Waals surface area contributed by atoms with Crippen LogP contribution in [0, 0.1) is 0 Å². The first-order chi connectivity index (χ1) is 14.9. The average Bonchev–Trinajstić information content (AvgIpc) is 3.54. The Labute approximate surface area is 182 Å². The molecule has 0 spiro atoms. The van der Waals surface area contributed by atoms with Crippen LogP contribution in [0.25, 0.3) is 0 Å². The molecule has 3 aromatic rings. The molecule has 0 radical (unpaired) electrons. The maximum Gasteiger partial charge on any atom is 0.206 e. The predicted molar refractivity (Wildman–Crippen MR) is 116 cm³/mol. The molecule has 4 rings (SSSR count). The Morgan fingerprint density at radius 3 is 1.77 bits per heavy atom. The molecule has 162 valence electrons. The zero-order valence-corrected chi connectivity index (χ0v) is 18.2. The molecular weight excluding hydrogens is 416 g/mol. The van der Waals surface area contributed by atoms with Crippen molar-refractivity contribution in [1.82, 2.24) is 0 Å². The summed E-state index contributed by atoms with van der Waals surface area (Å²) in [5.41, 5.74) is 0.768. The number of ether oxygens (including phenoxy) is 4. The molecule has 0 amide bonds. The fraction of sp³-hybridized carbons (Fsp3) is 0.250. The van der Waals surface area contributed by atoms with E-state index in [-0.39, 0.29) is 15.4 Å². The van der Waals surface area contributed by atoms with Crippen molar-refractivity contribution in [3.8, 4) is 17.2 Å². The molecular formula is C24H24O6S. The Bertz CT molecular complexity index is 1120. The number of epoxide rings is 1. The van der Waals surface area contributed by atoms with Crippen LogP contribution in [0.5, 0.6) is 17.2 Å². The largest absolute Gasteiger partial charge is 0.497 e. The maximum absolute atomic E-state index is 12.9. The van der Waals surface area contributed by atoms with Crippen LogP contribution in [0.1, 0.15) is 12.5 Å². The highest BCUT2D eigenvalue weighted by Gasteiger charge is 2.40. The van der Waals surface area contributed by atoms with E-state index >= 15 is 0 Å².